The fraction of sp³-hybridized carbons (Fsp3) is 0.391. The summed E-state index contributed by atoms with van der Waals surface area (Å²) in [4.78, 5) is 26.3. The van der Waals surface area contributed by atoms with E-state index in [0.29, 0.717) is 37.4 Å². The number of rotatable bonds is 4. The highest BCUT2D eigenvalue weighted by Crippen LogP contribution is 2.24. The summed E-state index contributed by atoms with van der Waals surface area (Å²) in [6, 6.07) is 11.8. The Morgan fingerprint density at radius 3 is 2.29 bits per heavy atom. The van der Waals surface area contributed by atoms with Gasteiger partial charge in [0.05, 0.1) is 4.90 Å². The maximum absolute atomic E-state index is 12.8. The summed E-state index contributed by atoms with van der Waals surface area (Å²) in [5.74, 6) is -0.263. The van der Waals surface area contributed by atoms with Crippen molar-refractivity contribution < 1.29 is 18.0 Å². The van der Waals surface area contributed by atoms with Crippen LogP contribution in [0.4, 0.5) is 5.69 Å². The lowest BCUT2D eigenvalue weighted by molar-refractivity contribution is -0.129. The molecule has 2 aliphatic rings. The molecule has 0 spiro atoms. The smallest absolute Gasteiger partial charge is 0.255 e. The highest BCUT2D eigenvalue weighted by Gasteiger charge is 2.26. The van der Waals surface area contributed by atoms with Crippen LogP contribution in [0.5, 0.6) is 0 Å². The number of piperidine rings is 1. The van der Waals surface area contributed by atoms with Crippen LogP contribution in [-0.4, -0.2) is 49.1 Å². The number of nitrogens with zero attached hydrogens (tertiary/aromatic N) is 2. The molecule has 2 amide bonds. The minimum atomic E-state index is -3.52. The molecule has 2 aliphatic heterocycles. The van der Waals surface area contributed by atoms with Gasteiger partial charge in [-0.05, 0) is 66.8 Å². The molecule has 1 N–H and O–H groups in total. The van der Waals surface area contributed by atoms with Gasteiger partial charge in [0.25, 0.3) is 5.91 Å². The molecule has 0 atom stereocenters. The van der Waals surface area contributed by atoms with Gasteiger partial charge in [0.1, 0.15) is 0 Å². The Balaban J connectivity index is 1.46. The van der Waals surface area contributed by atoms with Crippen LogP contribution in [0.25, 0.3) is 0 Å². The maximum Gasteiger partial charge on any atom is 0.255 e. The SMILES string of the molecule is CC(=O)N1CCc2ccc(NC(=O)c3ccc(S(=O)(=O)N4CCCCC4)cc3)cc2C1. The van der Waals surface area contributed by atoms with Gasteiger partial charge < -0.3 is 10.2 Å². The Bertz CT molecular complexity index is 1090. The third-order valence-electron chi connectivity index (χ3n) is 5.99. The summed E-state index contributed by atoms with van der Waals surface area (Å²) in [5.41, 5.74) is 3.25. The average molecular weight is 442 g/mol. The van der Waals surface area contributed by atoms with Gasteiger partial charge in [-0.15, -0.1) is 0 Å². The molecule has 164 valence electrons. The van der Waals surface area contributed by atoms with E-state index in [2.05, 4.69) is 5.32 Å². The standard InChI is InChI=1S/C23H27N3O4S/c1-17(27)25-14-11-18-5-8-21(15-20(18)16-25)24-23(28)19-6-9-22(10-7-19)31(29,30)26-12-3-2-4-13-26/h5-10,15H,2-4,11-14,16H2,1H3,(H,24,28). The van der Waals surface area contributed by atoms with Crippen LogP contribution >= 0.6 is 0 Å². The van der Waals surface area contributed by atoms with Gasteiger partial charge in [-0.3, -0.25) is 9.59 Å². The maximum atomic E-state index is 12.8. The van der Waals surface area contributed by atoms with E-state index in [1.807, 2.05) is 18.2 Å². The number of benzene rings is 2. The van der Waals surface area contributed by atoms with Crippen molar-refractivity contribution in [2.24, 2.45) is 0 Å². The Labute approximate surface area is 183 Å². The fourth-order valence-electron chi connectivity index (χ4n) is 4.14. The lowest BCUT2D eigenvalue weighted by Gasteiger charge is -2.28. The quantitative estimate of drug-likeness (QED) is 0.790. The molecule has 0 bridgehead atoms. The van der Waals surface area contributed by atoms with Crippen molar-refractivity contribution in [2.75, 3.05) is 25.0 Å². The lowest BCUT2D eigenvalue weighted by atomic mass is 9.99. The van der Waals surface area contributed by atoms with Gasteiger partial charge in [0.2, 0.25) is 15.9 Å². The molecule has 0 radical (unpaired) electrons. The molecule has 0 aromatic heterocycles. The number of nitrogens with one attached hydrogen (secondary N) is 1. The Morgan fingerprint density at radius 1 is 0.903 bits per heavy atom. The van der Waals surface area contributed by atoms with Crippen LogP contribution in [0, 0.1) is 0 Å². The fourth-order valence-corrected chi connectivity index (χ4v) is 5.66. The van der Waals surface area contributed by atoms with Gasteiger partial charge >= 0.3 is 0 Å². The Kier molecular flexibility index (Phi) is 6.11. The summed E-state index contributed by atoms with van der Waals surface area (Å²) in [6.45, 7) is 3.90. The molecule has 0 aliphatic carbocycles. The van der Waals surface area contributed by atoms with Crippen LogP contribution in [0.2, 0.25) is 0 Å². The van der Waals surface area contributed by atoms with E-state index in [1.165, 1.54) is 22.0 Å². The first-order valence-electron chi connectivity index (χ1n) is 10.6. The number of hydrogen-bond donors (Lipinski definition) is 1. The lowest BCUT2D eigenvalue weighted by Crippen LogP contribution is -2.35. The summed E-state index contributed by atoms with van der Waals surface area (Å²) in [6.07, 6.45) is 3.62. The normalized spacial score (nSPS) is 17.1. The minimum Gasteiger partial charge on any atom is -0.338 e. The molecule has 0 unspecified atom stereocenters. The molecule has 8 heteroatoms. The molecule has 2 aromatic rings. The highest BCUT2D eigenvalue weighted by molar-refractivity contribution is 7.89. The van der Waals surface area contributed by atoms with E-state index in [9.17, 15) is 18.0 Å². The van der Waals surface area contributed by atoms with Crippen LogP contribution in [0.3, 0.4) is 0 Å². The molecular formula is C23H27N3O4S. The van der Waals surface area contributed by atoms with Crippen molar-refractivity contribution in [3.05, 3.63) is 59.2 Å². The molecular weight excluding hydrogens is 414 g/mol. The van der Waals surface area contributed by atoms with E-state index in [1.54, 1.807) is 24.0 Å². The predicted molar refractivity (Wildman–Crippen MR) is 118 cm³/mol. The molecule has 7 nitrogen and oxygen atoms in total. The monoisotopic (exact) mass is 441 g/mol. The number of carbonyl (C=O) groups excluding carboxylic acids is 2. The molecule has 4 rings (SSSR count). The zero-order valence-electron chi connectivity index (χ0n) is 17.6. The first kappa shape index (κ1) is 21.5. The highest BCUT2D eigenvalue weighted by atomic mass is 32.2. The second-order valence-electron chi connectivity index (χ2n) is 8.12. The van der Waals surface area contributed by atoms with Crippen LogP contribution in [0.1, 0.15) is 47.7 Å². The van der Waals surface area contributed by atoms with Crippen LogP contribution < -0.4 is 5.32 Å². The Hall–Kier alpha value is -2.71. The van der Waals surface area contributed by atoms with Crippen molar-refractivity contribution in [3.63, 3.8) is 0 Å². The van der Waals surface area contributed by atoms with Crippen molar-refractivity contribution in [1.82, 2.24) is 9.21 Å². The van der Waals surface area contributed by atoms with Crippen LogP contribution in [0.15, 0.2) is 47.4 Å². The van der Waals surface area contributed by atoms with Crippen molar-refractivity contribution >= 4 is 27.5 Å². The molecule has 2 aromatic carbocycles. The van der Waals surface area contributed by atoms with Crippen molar-refractivity contribution in [1.29, 1.82) is 0 Å². The number of amides is 2. The topological polar surface area (TPSA) is 86.8 Å². The molecule has 0 saturated carbocycles. The van der Waals surface area contributed by atoms with Crippen molar-refractivity contribution in [2.45, 2.75) is 44.0 Å². The first-order chi connectivity index (χ1) is 14.8. The zero-order valence-corrected chi connectivity index (χ0v) is 18.5. The van der Waals surface area contributed by atoms with Crippen molar-refractivity contribution in [3.8, 4) is 0 Å². The van der Waals surface area contributed by atoms with Crippen LogP contribution in [-0.2, 0) is 27.8 Å². The van der Waals surface area contributed by atoms with E-state index in [4.69, 9.17) is 0 Å². The third kappa shape index (κ3) is 4.65. The molecule has 2 heterocycles. The average Bonchev–Trinajstić information content (AvgIpc) is 2.79. The van der Waals surface area contributed by atoms with E-state index in [0.717, 1.165) is 31.2 Å². The van der Waals surface area contributed by atoms with E-state index in [-0.39, 0.29) is 16.7 Å². The molecule has 1 saturated heterocycles. The molecule has 31 heavy (non-hydrogen) atoms. The Morgan fingerprint density at radius 2 is 1.61 bits per heavy atom. The van der Waals surface area contributed by atoms with E-state index < -0.39 is 10.0 Å². The third-order valence-corrected chi connectivity index (χ3v) is 7.90. The number of anilines is 1. The number of sulfonamides is 1. The number of carbonyl (C=O) groups is 2. The largest absolute Gasteiger partial charge is 0.338 e. The minimum absolute atomic E-state index is 0.0414. The second-order valence-corrected chi connectivity index (χ2v) is 10.1. The summed E-state index contributed by atoms with van der Waals surface area (Å²) in [7, 11) is -3.52. The van der Waals surface area contributed by atoms with Gasteiger partial charge in [0, 0.05) is 44.4 Å². The van der Waals surface area contributed by atoms with Gasteiger partial charge in [0.15, 0.2) is 0 Å². The van der Waals surface area contributed by atoms with Gasteiger partial charge in [-0.2, -0.15) is 4.31 Å². The summed E-state index contributed by atoms with van der Waals surface area (Å²) < 4.78 is 27.1. The predicted octanol–water partition coefficient (Wildman–Crippen LogP) is 3.02. The number of fused-ring (bicyclic) bond motifs is 1. The summed E-state index contributed by atoms with van der Waals surface area (Å²) in [5, 5.41) is 2.87. The van der Waals surface area contributed by atoms with Gasteiger partial charge in [-0.1, -0.05) is 12.5 Å². The first-order valence-corrected chi connectivity index (χ1v) is 12.1. The second kappa shape index (κ2) is 8.80. The van der Waals surface area contributed by atoms with E-state index >= 15 is 0 Å². The zero-order chi connectivity index (χ0) is 22.0. The van der Waals surface area contributed by atoms with Gasteiger partial charge in [-0.25, -0.2) is 8.42 Å². The molecule has 1 fully saturated rings. The number of hydrogen-bond acceptors (Lipinski definition) is 4. The summed E-state index contributed by atoms with van der Waals surface area (Å²) >= 11 is 0.